The van der Waals surface area contributed by atoms with Crippen molar-refractivity contribution in [3.63, 3.8) is 0 Å². The molecule has 0 atom stereocenters. The third-order valence-electron chi connectivity index (χ3n) is 1.36. The van der Waals surface area contributed by atoms with Gasteiger partial charge in [-0.3, -0.25) is 0 Å². The van der Waals surface area contributed by atoms with Crippen molar-refractivity contribution in [2.24, 2.45) is 0 Å². The van der Waals surface area contributed by atoms with Gasteiger partial charge in [0.25, 0.3) is 0 Å². The van der Waals surface area contributed by atoms with E-state index < -0.39 is 5.97 Å². The minimum absolute atomic E-state index is 0.0388. The summed E-state index contributed by atoms with van der Waals surface area (Å²) in [6.07, 6.45) is 3.28. The van der Waals surface area contributed by atoms with Crippen molar-refractivity contribution >= 4 is 23.3 Å². The van der Waals surface area contributed by atoms with Gasteiger partial charge in [-0.25, -0.2) is 9.78 Å². The average molecular weight is 184 g/mol. The van der Waals surface area contributed by atoms with Crippen LogP contribution in [0.15, 0.2) is 17.9 Å². The summed E-state index contributed by atoms with van der Waals surface area (Å²) in [4.78, 5) is 17.2. The van der Waals surface area contributed by atoms with E-state index in [1.165, 1.54) is 18.1 Å². The van der Waals surface area contributed by atoms with Crippen LogP contribution in [0, 0.1) is 0 Å². The quantitative estimate of drug-likeness (QED) is 0.547. The molecule has 0 aliphatic rings. The van der Waals surface area contributed by atoms with Crippen molar-refractivity contribution < 1.29 is 9.90 Å². The Morgan fingerprint density at radius 3 is 3.00 bits per heavy atom. The average Bonchev–Trinajstić information content (AvgIpc) is 2.49. The normalized spacial score (nSPS) is 9.75. The van der Waals surface area contributed by atoms with Crippen molar-refractivity contribution in [1.82, 2.24) is 9.97 Å². The predicted molar refractivity (Wildman–Crippen MR) is 47.0 cm³/mol. The maximum absolute atomic E-state index is 10.5. The van der Waals surface area contributed by atoms with Crippen molar-refractivity contribution in [2.75, 3.05) is 6.26 Å². The van der Waals surface area contributed by atoms with Crippen LogP contribution >= 0.6 is 11.8 Å². The van der Waals surface area contributed by atoms with Gasteiger partial charge < -0.3 is 10.1 Å². The third-order valence-corrected chi connectivity index (χ3v) is 2.05. The first-order valence-corrected chi connectivity index (χ1v) is 4.39. The number of carboxylic acid groups (broad SMARTS) is 1. The van der Waals surface area contributed by atoms with Gasteiger partial charge in [0, 0.05) is 0 Å². The number of thioether (sulfide) groups is 1. The lowest BCUT2D eigenvalue weighted by atomic mass is 10.2. The highest BCUT2D eigenvalue weighted by molar-refractivity contribution is 7.98. The molecule has 0 fully saturated rings. The van der Waals surface area contributed by atoms with Crippen LogP contribution in [0.4, 0.5) is 0 Å². The van der Waals surface area contributed by atoms with Crippen molar-refractivity contribution in [1.29, 1.82) is 0 Å². The van der Waals surface area contributed by atoms with Gasteiger partial charge in [-0.05, 0) is 6.26 Å². The monoisotopic (exact) mass is 184 g/mol. The zero-order valence-electron chi connectivity index (χ0n) is 6.50. The van der Waals surface area contributed by atoms with E-state index in [-0.39, 0.29) is 5.57 Å². The van der Waals surface area contributed by atoms with E-state index in [0.717, 1.165) is 0 Å². The van der Waals surface area contributed by atoms with Gasteiger partial charge in [-0.15, -0.1) is 11.8 Å². The van der Waals surface area contributed by atoms with E-state index in [1.54, 1.807) is 0 Å². The number of aromatic nitrogens is 2. The van der Waals surface area contributed by atoms with E-state index in [0.29, 0.717) is 10.7 Å². The van der Waals surface area contributed by atoms with Crippen LogP contribution in [0.1, 0.15) is 5.69 Å². The van der Waals surface area contributed by atoms with Gasteiger partial charge >= 0.3 is 5.97 Å². The molecule has 1 heterocycles. The minimum Gasteiger partial charge on any atom is -0.478 e. The minimum atomic E-state index is -1.03. The molecule has 0 saturated carbocycles. The van der Waals surface area contributed by atoms with Gasteiger partial charge in [0.2, 0.25) is 0 Å². The molecule has 1 aromatic heterocycles. The van der Waals surface area contributed by atoms with Crippen LogP contribution in [0.5, 0.6) is 0 Å². The Morgan fingerprint density at radius 2 is 2.50 bits per heavy atom. The van der Waals surface area contributed by atoms with Gasteiger partial charge in [0.05, 0.1) is 17.6 Å². The first-order chi connectivity index (χ1) is 5.66. The number of carboxylic acids is 1. The van der Waals surface area contributed by atoms with Gasteiger partial charge in [-0.1, -0.05) is 6.58 Å². The molecule has 0 bridgehead atoms. The maximum Gasteiger partial charge on any atom is 0.337 e. The summed E-state index contributed by atoms with van der Waals surface area (Å²) >= 11 is 1.38. The summed E-state index contributed by atoms with van der Waals surface area (Å²) in [6, 6.07) is 0. The molecule has 0 aliphatic carbocycles. The lowest BCUT2D eigenvalue weighted by molar-refractivity contribution is -0.130. The highest BCUT2D eigenvalue weighted by atomic mass is 32.2. The Hall–Kier alpha value is -1.23. The molecular formula is C7H8N2O2S. The second kappa shape index (κ2) is 3.44. The van der Waals surface area contributed by atoms with Crippen LogP contribution in [0.2, 0.25) is 0 Å². The second-order valence-corrected chi connectivity index (χ2v) is 2.87. The highest BCUT2D eigenvalue weighted by Crippen LogP contribution is 2.21. The fourth-order valence-electron chi connectivity index (χ4n) is 0.760. The Bertz CT molecular complexity index is 319. The topological polar surface area (TPSA) is 66.0 Å². The second-order valence-electron chi connectivity index (χ2n) is 2.07. The van der Waals surface area contributed by atoms with E-state index in [2.05, 4.69) is 16.5 Å². The Labute approximate surface area is 73.7 Å². The number of hydrogen-bond acceptors (Lipinski definition) is 3. The Kier molecular flexibility index (Phi) is 2.54. The fraction of sp³-hybridized carbons (Fsp3) is 0.143. The van der Waals surface area contributed by atoms with Crippen molar-refractivity contribution in [3.8, 4) is 0 Å². The number of imidazole rings is 1. The van der Waals surface area contributed by atoms with Crippen molar-refractivity contribution in [3.05, 3.63) is 18.6 Å². The lowest BCUT2D eigenvalue weighted by Crippen LogP contribution is -1.99. The molecule has 12 heavy (non-hydrogen) atoms. The summed E-state index contributed by atoms with van der Waals surface area (Å²) in [5, 5.41) is 9.27. The predicted octanol–water partition coefficient (Wildman–Crippen LogP) is 1.23. The highest BCUT2D eigenvalue weighted by Gasteiger charge is 2.13. The van der Waals surface area contributed by atoms with Crippen LogP contribution in [0.25, 0.3) is 5.57 Å². The molecule has 0 amide bonds. The number of aliphatic carboxylic acids is 1. The van der Waals surface area contributed by atoms with E-state index in [4.69, 9.17) is 5.11 Å². The summed E-state index contributed by atoms with van der Waals surface area (Å²) in [6.45, 7) is 3.42. The molecule has 0 saturated heterocycles. The van der Waals surface area contributed by atoms with Crippen LogP contribution < -0.4 is 0 Å². The number of rotatable bonds is 3. The smallest absolute Gasteiger partial charge is 0.337 e. The van der Waals surface area contributed by atoms with E-state index in [1.807, 2.05) is 6.26 Å². The number of carbonyl (C=O) groups is 1. The van der Waals surface area contributed by atoms with Crippen LogP contribution in [-0.2, 0) is 4.79 Å². The fourth-order valence-corrected chi connectivity index (χ4v) is 1.30. The molecule has 2 N–H and O–H groups in total. The summed E-state index contributed by atoms with van der Waals surface area (Å²) in [5.74, 6) is -1.03. The largest absolute Gasteiger partial charge is 0.478 e. The summed E-state index contributed by atoms with van der Waals surface area (Å²) in [7, 11) is 0. The molecule has 5 heteroatoms. The number of nitrogens with one attached hydrogen (secondary N) is 1. The van der Waals surface area contributed by atoms with Crippen molar-refractivity contribution in [2.45, 2.75) is 5.03 Å². The Morgan fingerprint density at radius 1 is 1.83 bits per heavy atom. The molecule has 64 valence electrons. The number of H-pyrrole nitrogens is 1. The SMILES string of the molecule is C=C(C(=O)O)c1[nH]cnc1SC. The molecule has 1 rings (SSSR count). The van der Waals surface area contributed by atoms with Gasteiger partial charge in [0.1, 0.15) is 5.03 Å². The maximum atomic E-state index is 10.5. The molecule has 0 unspecified atom stereocenters. The lowest BCUT2D eigenvalue weighted by Gasteiger charge is -1.97. The standard InChI is InChI=1S/C7H8N2O2S/c1-4(7(10)11)5-6(12-2)9-3-8-5/h3H,1H2,2H3,(H,8,9)(H,10,11). The molecular weight excluding hydrogens is 176 g/mol. The first-order valence-electron chi connectivity index (χ1n) is 3.16. The zero-order valence-corrected chi connectivity index (χ0v) is 7.31. The molecule has 0 spiro atoms. The number of nitrogens with zero attached hydrogens (tertiary/aromatic N) is 1. The van der Waals surface area contributed by atoms with Gasteiger partial charge in [0.15, 0.2) is 0 Å². The molecule has 1 aromatic rings. The number of aromatic amines is 1. The van der Waals surface area contributed by atoms with Crippen LogP contribution in [0.3, 0.4) is 0 Å². The molecule has 0 radical (unpaired) electrons. The first kappa shape index (κ1) is 8.86. The third kappa shape index (κ3) is 1.50. The van der Waals surface area contributed by atoms with Gasteiger partial charge in [-0.2, -0.15) is 0 Å². The molecule has 4 nitrogen and oxygen atoms in total. The van der Waals surface area contributed by atoms with Crippen LogP contribution in [-0.4, -0.2) is 27.3 Å². The van der Waals surface area contributed by atoms with E-state index >= 15 is 0 Å². The summed E-state index contributed by atoms with van der Waals surface area (Å²) < 4.78 is 0. The van der Waals surface area contributed by atoms with E-state index in [9.17, 15) is 4.79 Å². The molecule has 0 aliphatic heterocycles. The Balaban J connectivity index is 3.02. The molecule has 0 aromatic carbocycles. The zero-order chi connectivity index (χ0) is 9.14. The number of hydrogen-bond donors (Lipinski definition) is 2. The summed E-state index contributed by atoms with van der Waals surface area (Å²) in [5.41, 5.74) is 0.520.